The Bertz CT molecular complexity index is 276. The molecule has 2 rings (SSSR count). The van der Waals surface area contributed by atoms with Gasteiger partial charge in [-0.3, -0.25) is 9.59 Å². The first-order valence-electron chi connectivity index (χ1n) is 5.47. The van der Waals surface area contributed by atoms with E-state index in [1.165, 1.54) is 0 Å². The molecular weight excluding hydrogens is 194 g/mol. The fourth-order valence-corrected chi connectivity index (χ4v) is 2.13. The molecule has 2 aliphatic rings. The van der Waals surface area contributed by atoms with E-state index in [0.29, 0.717) is 6.54 Å². The van der Waals surface area contributed by atoms with Crippen molar-refractivity contribution in [1.82, 2.24) is 10.2 Å². The smallest absolute Gasteiger partial charge is 0.228 e. The van der Waals surface area contributed by atoms with Gasteiger partial charge in [-0.2, -0.15) is 0 Å². The van der Waals surface area contributed by atoms with E-state index in [-0.39, 0.29) is 23.7 Å². The number of primary amides is 1. The van der Waals surface area contributed by atoms with Crippen LogP contribution in [0.1, 0.15) is 12.8 Å². The van der Waals surface area contributed by atoms with Gasteiger partial charge < -0.3 is 16.0 Å². The molecule has 0 saturated carbocycles. The molecule has 0 aromatic rings. The topological polar surface area (TPSA) is 75.4 Å². The first kappa shape index (κ1) is 10.4. The summed E-state index contributed by atoms with van der Waals surface area (Å²) in [4.78, 5) is 24.7. The second kappa shape index (κ2) is 4.18. The summed E-state index contributed by atoms with van der Waals surface area (Å²) in [7, 11) is 0. The number of rotatable bonds is 2. The van der Waals surface area contributed by atoms with Crippen molar-refractivity contribution in [3.63, 3.8) is 0 Å². The van der Waals surface area contributed by atoms with Gasteiger partial charge in [0, 0.05) is 26.2 Å². The van der Waals surface area contributed by atoms with Crippen LogP contribution in [0.5, 0.6) is 0 Å². The number of carbonyl (C=O) groups is 2. The zero-order valence-electron chi connectivity index (χ0n) is 8.74. The first-order chi connectivity index (χ1) is 7.18. The molecule has 5 nitrogen and oxygen atoms in total. The van der Waals surface area contributed by atoms with Crippen LogP contribution in [-0.4, -0.2) is 42.9 Å². The van der Waals surface area contributed by atoms with E-state index in [0.717, 1.165) is 32.5 Å². The second-order valence-electron chi connectivity index (χ2n) is 4.38. The average Bonchev–Trinajstić information content (AvgIpc) is 2.15. The summed E-state index contributed by atoms with van der Waals surface area (Å²) in [6.45, 7) is 2.84. The molecule has 84 valence electrons. The number of hydrogen-bond donors (Lipinski definition) is 2. The van der Waals surface area contributed by atoms with Crippen LogP contribution in [0.3, 0.4) is 0 Å². The van der Waals surface area contributed by atoms with Crippen molar-refractivity contribution < 1.29 is 9.59 Å². The Balaban J connectivity index is 1.91. The molecule has 2 heterocycles. The Kier molecular flexibility index (Phi) is 2.90. The Labute approximate surface area is 89.0 Å². The normalized spacial score (nSPS) is 27.2. The predicted molar refractivity (Wildman–Crippen MR) is 54.9 cm³/mol. The Morgan fingerprint density at radius 1 is 1.27 bits per heavy atom. The Hall–Kier alpha value is -1.10. The van der Waals surface area contributed by atoms with E-state index in [1.54, 1.807) is 4.90 Å². The summed E-state index contributed by atoms with van der Waals surface area (Å²) < 4.78 is 0. The number of hydrogen-bond acceptors (Lipinski definition) is 3. The highest BCUT2D eigenvalue weighted by atomic mass is 16.2. The van der Waals surface area contributed by atoms with Crippen molar-refractivity contribution in [2.45, 2.75) is 12.8 Å². The van der Waals surface area contributed by atoms with Crippen LogP contribution in [0.2, 0.25) is 0 Å². The summed E-state index contributed by atoms with van der Waals surface area (Å²) in [6.07, 6.45) is 1.71. The molecule has 0 aliphatic carbocycles. The fraction of sp³-hybridized carbons (Fsp3) is 0.800. The maximum Gasteiger partial charge on any atom is 0.228 e. The van der Waals surface area contributed by atoms with Crippen molar-refractivity contribution in [1.29, 1.82) is 0 Å². The number of piperidine rings is 1. The zero-order chi connectivity index (χ0) is 10.8. The molecule has 5 heteroatoms. The van der Waals surface area contributed by atoms with Crippen molar-refractivity contribution in [3.8, 4) is 0 Å². The maximum atomic E-state index is 11.9. The Morgan fingerprint density at radius 3 is 2.53 bits per heavy atom. The molecule has 2 saturated heterocycles. The minimum Gasteiger partial charge on any atom is -0.369 e. The van der Waals surface area contributed by atoms with Crippen molar-refractivity contribution in [3.05, 3.63) is 0 Å². The van der Waals surface area contributed by atoms with E-state index < -0.39 is 0 Å². The molecular formula is C10H17N3O2. The zero-order valence-corrected chi connectivity index (χ0v) is 8.74. The van der Waals surface area contributed by atoms with Crippen LogP contribution in [-0.2, 0) is 9.59 Å². The van der Waals surface area contributed by atoms with Crippen LogP contribution in [0.15, 0.2) is 0 Å². The lowest BCUT2D eigenvalue weighted by Crippen LogP contribution is -2.54. The molecule has 15 heavy (non-hydrogen) atoms. The highest BCUT2D eigenvalue weighted by molar-refractivity contribution is 5.82. The number of nitrogens with zero attached hydrogens (tertiary/aromatic N) is 1. The van der Waals surface area contributed by atoms with Crippen molar-refractivity contribution in [2.24, 2.45) is 17.6 Å². The van der Waals surface area contributed by atoms with Gasteiger partial charge in [0.2, 0.25) is 11.8 Å². The van der Waals surface area contributed by atoms with Gasteiger partial charge >= 0.3 is 0 Å². The molecule has 1 atom stereocenters. The van der Waals surface area contributed by atoms with Crippen LogP contribution in [0.25, 0.3) is 0 Å². The largest absolute Gasteiger partial charge is 0.369 e. The molecule has 3 N–H and O–H groups in total. The lowest BCUT2D eigenvalue weighted by atomic mass is 9.94. The van der Waals surface area contributed by atoms with E-state index >= 15 is 0 Å². The quantitative estimate of drug-likeness (QED) is 0.610. The predicted octanol–water partition coefficient (Wildman–Crippen LogP) is -1.07. The van der Waals surface area contributed by atoms with Gasteiger partial charge in [0.1, 0.15) is 0 Å². The monoisotopic (exact) mass is 211 g/mol. The van der Waals surface area contributed by atoms with E-state index in [1.807, 2.05) is 0 Å². The van der Waals surface area contributed by atoms with Crippen LogP contribution < -0.4 is 11.1 Å². The summed E-state index contributed by atoms with van der Waals surface area (Å²) in [5.74, 6) is -0.119. The summed E-state index contributed by atoms with van der Waals surface area (Å²) in [6, 6.07) is 0. The second-order valence-corrected chi connectivity index (χ2v) is 4.38. The van der Waals surface area contributed by atoms with Crippen LogP contribution in [0.4, 0.5) is 0 Å². The number of likely N-dealkylation sites (tertiary alicyclic amines) is 1. The molecule has 0 aromatic heterocycles. The van der Waals surface area contributed by atoms with Gasteiger partial charge in [-0.1, -0.05) is 0 Å². The van der Waals surface area contributed by atoms with Gasteiger partial charge in [-0.25, -0.2) is 0 Å². The molecule has 0 radical (unpaired) electrons. The molecule has 0 spiro atoms. The van der Waals surface area contributed by atoms with Gasteiger partial charge in [-0.05, 0) is 12.8 Å². The third-order valence-corrected chi connectivity index (χ3v) is 3.27. The number of nitrogens with one attached hydrogen (secondary N) is 1. The molecule has 2 aliphatic heterocycles. The van der Waals surface area contributed by atoms with Crippen molar-refractivity contribution >= 4 is 11.8 Å². The van der Waals surface area contributed by atoms with Gasteiger partial charge in [-0.15, -0.1) is 0 Å². The molecule has 1 unspecified atom stereocenters. The van der Waals surface area contributed by atoms with Gasteiger partial charge in [0.15, 0.2) is 0 Å². The van der Waals surface area contributed by atoms with E-state index in [9.17, 15) is 9.59 Å². The molecule has 2 fully saturated rings. The van der Waals surface area contributed by atoms with Crippen LogP contribution >= 0.6 is 0 Å². The van der Waals surface area contributed by atoms with E-state index in [2.05, 4.69) is 5.32 Å². The van der Waals surface area contributed by atoms with E-state index in [4.69, 9.17) is 5.73 Å². The molecule has 0 aromatic carbocycles. The lowest BCUT2D eigenvalue weighted by molar-refractivity contribution is -0.140. The summed E-state index contributed by atoms with van der Waals surface area (Å²) in [5, 5.41) is 3.08. The highest BCUT2D eigenvalue weighted by Gasteiger charge is 2.33. The number of nitrogens with two attached hydrogens (primary N) is 1. The molecule has 2 amide bonds. The third kappa shape index (κ3) is 2.12. The summed E-state index contributed by atoms with van der Waals surface area (Å²) in [5.41, 5.74) is 5.26. The highest BCUT2D eigenvalue weighted by Crippen LogP contribution is 2.19. The fourth-order valence-electron chi connectivity index (χ4n) is 2.13. The van der Waals surface area contributed by atoms with Gasteiger partial charge in [0.05, 0.1) is 11.8 Å². The lowest BCUT2D eigenvalue weighted by Gasteiger charge is -2.36. The first-order valence-corrected chi connectivity index (χ1v) is 5.47. The Morgan fingerprint density at radius 2 is 2.00 bits per heavy atom. The minimum absolute atomic E-state index is 0.122. The van der Waals surface area contributed by atoms with Crippen LogP contribution in [0, 0.1) is 11.8 Å². The minimum atomic E-state index is -0.278. The standard InChI is InChI=1S/C10H17N3O2/c11-9(14)7-2-1-3-13(6-7)10(15)8-4-12-5-8/h7-8,12H,1-6H2,(H2,11,14). The summed E-state index contributed by atoms with van der Waals surface area (Å²) >= 11 is 0. The van der Waals surface area contributed by atoms with Gasteiger partial charge in [0.25, 0.3) is 0 Å². The third-order valence-electron chi connectivity index (χ3n) is 3.27. The number of amides is 2. The molecule has 0 bridgehead atoms. The SMILES string of the molecule is NC(=O)C1CCCN(C(=O)C2CNC2)C1. The average molecular weight is 211 g/mol. The maximum absolute atomic E-state index is 11.9. The van der Waals surface area contributed by atoms with Crippen molar-refractivity contribution in [2.75, 3.05) is 26.2 Å². The number of carbonyl (C=O) groups excluding carboxylic acids is 2.